The first-order chi connectivity index (χ1) is 7.50. The summed E-state index contributed by atoms with van der Waals surface area (Å²) >= 11 is 5.72. The number of nitrogens with one attached hydrogen (secondary N) is 1. The molecule has 2 N–H and O–H groups in total. The van der Waals surface area contributed by atoms with E-state index in [0.29, 0.717) is 13.0 Å². The van der Waals surface area contributed by atoms with Crippen molar-refractivity contribution in [3.63, 3.8) is 0 Å². The van der Waals surface area contributed by atoms with E-state index in [2.05, 4.69) is 5.32 Å². The van der Waals surface area contributed by atoms with Gasteiger partial charge in [-0.3, -0.25) is 4.79 Å². The number of rotatable bonds is 4. The number of aliphatic hydroxyl groups is 1. The highest BCUT2D eigenvalue weighted by molar-refractivity contribution is 6.33. The molecule has 3 nitrogen and oxygen atoms in total. The second-order valence-electron chi connectivity index (χ2n) is 3.52. The fourth-order valence-electron chi connectivity index (χ4n) is 1.16. The van der Waals surface area contributed by atoms with Crippen LogP contribution in [0.25, 0.3) is 0 Å². The van der Waals surface area contributed by atoms with Crippen LogP contribution in [-0.4, -0.2) is 23.7 Å². The first kappa shape index (κ1) is 12.9. The molecule has 0 aliphatic carbocycles. The maximum Gasteiger partial charge on any atom is 0.252 e. The van der Waals surface area contributed by atoms with Gasteiger partial charge in [-0.15, -0.1) is 0 Å². The molecule has 1 atom stereocenters. The van der Waals surface area contributed by atoms with Crippen molar-refractivity contribution in [2.45, 2.75) is 19.4 Å². The Morgan fingerprint density at radius 1 is 1.62 bits per heavy atom. The van der Waals surface area contributed by atoms with Crippen LogP contribution in [0.15, 0.2) is 18.2 Å². The highest BCUT2D eigenvalue weighted by Gasteiger charge is 2.10. The maximum absolute atomic E-state index is 12.7. The lowest BCUT2D eigenvalue weighted by molar-refractivity contribution is 0.0945. The Morgan fingerprint density at radius 2 is 2.31 bits per heavy atom. The van der Waals surface area contributed by atoms with Crippen molar-refractivity contribution in [1.82, 2.24) is 5.32 Å². The second-order valence-corrected chi connectivity index (χ2v) is 3.92. The van der Waals surface area contributed by atoms with Crippen LogP contribution in [0.2, 0.25) is 5.02 Å². The van der Waals surface area contributed by atoms with Gasteiger partial charge >= 0.3 is 0 Å². The Morgan fingerprint density at radius 3 is 2.88 bits per heavy atom. The van der Waals surface area contributed by atoms with E-state index in [0.717, 1.165) is 6.07 Å². The number of carbonyl (C=O) groups excluding carboxylic acids is 1. The minimum Gasteiger partial charge on any atom is -0.393 e. The Bertz CT molecular complexity index is 382. The van der Waals surface area contributed by atoms with E-state index in [1.807, 2.05) is 0 Å². The first-order valence-corrected chi connectivity index (χ1v) is 5.30. The van der Waals surface area contributed by atoms with Crippen molar-refractivity contribution >= 4 is 17.5 Å². The zero-order valence-corrected chi connectivity index (χ0v) is 9.59. The molecule has 1 aromatic carbocycles. The number of hydrogen-bond donors (Lipinski definition) is 2. The summed E-state index contributed by atoms with van der Waals surface area (Å²) in [5.74, 6) is -0.851. The van der Waals surface area contributed by atoms with Gasteiger partial charge in [0.2, 0.25) is 0 Å². The fraction of sp³-hybridized carbons (Fsp3) is 0.364. The number of amides is 1. The molecule has 5 heteroatoms. The van der Waals surface area contributed by atoms with Gasteiger partial charge in [-0.25, -0.2) is 4.39 Å². The molecule has 0 aliphatic rings. The average Bonchev–Trinajstić information content (AvgIpc) is 2.16. The van der Waals surface area contributed by atoms with Gasteiger partial charge in [-0.05, 0) is 31.5 Å². The summed E-state index contributed by atoms with van der Waals surface area (Å²) in [6.07, 6.45) is -0.00568. The summed E-state index contributed by atoms with van der Waals surface area (Å²) in [4.78, 5) is 11.6. The summed E-state index contributed by atoms with van der Waals surface area (Å²) in [5, 5.41) is 11.7. The molecule has 0 heterocycles. The third kappa shape index (κ3) is 3.79. The van der Waals surface area contributed by atoms with E-state index < -0.39 is 11.9 Å². The Hall–Kier alpha value is -1.13. The SMILES string of the molecule is CC(O)CCNC(=O)c1ccc(F)cc1Cl. The molecule has 0 spiro atoms. The molecule has 0 saturated carbocycles. The van der Waals surface area contributed by atoms with Gasteiger partial charge in [0.05, 0.1) is 16.7 Å². The maximum atomic E-state index is 12.7. The number of carbonyl (C=O) groups is 1. The van der Waals surface area contributed by atoms with Crippen LogP contribution in [0.3, 0.4) is 0 Å². The van der Waals surface area contributed by atoms with E-state index >= 15 is 0 Å². The molecule has 1 aromatic rings. The van der Waals surface area contributed by atoms with E-state index in [4.69, 9.17) is 16.7 Å². The van der Waals surface area contributed by atoms with Crippen molar-refractivity contribution < 1.29 is 14.3 Å². The van der Waals surface area contributed by atoms with Gasteiger partial charge < -0.3 is 10.4 Å². The summed E-state index contributed by atoms with van der Waals surface area (Å²) in [7, 11) is 0. The summed E-state index contributed by atoms with van der Waals surface area (Å²) in [6.45, 7) is 1.99. The van der Waals surface area contributed by atoms with Crippen LogP contribution >= 0.6 is 11.6 Å². The predicted octanol–water partition coefficient (Wildman–Crippen LogP) is 1.98. The Kier molecular flexibility index (Phi) is 4.71. The number of benzene rings is 1. The molecule has 0 aliphatic heterocycles. The van der Waals surface area contributed by atoms with Gasteiger partial charge in [-0.1, -0.05) is 11.6 Å². The molecule has 1 amide bonds. The summed E-state index contributed by atoms with van der Waals surface area (Å²) in [6, 6.07) is 3.59. The first-order valence-electron chi connectivity index (χ1n) is 4.92. The zero-order valence-electron chi connectivity index (χ0n) is 8.84. The van der Waals surface area contributed by atoms with Crippen LogP contribution in [0, 0.1) is 5.82 Å². The van der Waals surface area contributed by atoms with Crippen LogP contribution < -0.4 is 5.32 Å². The lowest BCUT2D eigenvalue weighted by atomic mass is 10.2. The molecular formula is C11H13ClFNO2. The monoisotopic (exact) mass is 245 g/mol. The molecule has 0 saturated heterocycles. The van der Waals surface area contributed by atoms with Crippen LogP contribution in [0.5, 0.6) is 0 Å². The predicted molar refractivity (Wildman–Crippen MR) is 60.0 cm³/mol. The number of halogens is 2. The van der Waals surface area contributed by atoms with Gasteiger partial charge in [0.1, 0.15) is 5.82 Å². The summed E-state index contributed by atoms with van der Waals surface area (Å²) < 4.78 is 12.7. The molecule has 1 unspecified atom stereocenters. The molecule has 0 aromatic heterocycles. The van der Waals surface area contributed by atoms with Crippen molar-refractivity contribution in [2.24, 2.45) is 0 Å². The lowest BCUT2D eigenvalue weighted by Crippen LogP contribution is -2.26. The number of aliphatic hydroxyl groups excluding tert-OH is 1. The van der Waals surface area contributed by atoms with Crippen molar-refractivity contribution in [3.8, 4) is 0 Å². The lowest BCUT2D eigenvalue weighted by Gasteiger charge is -2.07. The highest BCUT2D eigenvalue weighted by Crippen LogP contribution is 2.16. The van der Waals surface area contributed by atoms with Crippen molar-refractivity contribution in [3.05, 3.63) is 34.6 Å². The van der Waals surface area contributed by atoms with E-state index in [-0.39, 0.29) is 16.5 Å². The van der Waals surface area contributed by atoms with Gasteiger partial charge in [0, 0.05) is 6.54 Å². The minimum absolute atomic E-state index is 0.0783. The Labute approximate surface area is 98.2 Å². The zero-order chi connectivity index (χ0) is 12.1. The van der Waals surface area contributed by atoms with Gasteiger partial charge in [0.25, 0.3) is 5.91 Å². The van der Waals surface area contributed by atoms with Gasteiger partial charge in [-0.2, -0.15) is 0 Å². The van der Waals surface area contributed by atoms with Crippen molar-refractivity contribution in [2.75, 3.05) is 6.54 Å². The second kappa shape index (κ2) is 5.82. The molecule has 1 rings (SSSR count). The molecule has 16 heavy (non-hydrogen) atoms. The fourth-order valence-corrected chi connectivity index (χ4v) is 1.42. The van der Waals surface area contributed by atoms with Crippen LogP contribution in [-0.2, 0) is 0 Å². The van der Waals surface area contributed by atoms with E-state index in [9.17, 15) is 9.18 Å². The quantitative estimate of drug-likeness (QED) is 0.852. The average molecular weight is 246 g/mol. The molecular weight excluding hydrogens is 233 g/mol. The molecule has 0 radical (unpaired) electrons. The van der Waals surface area contributed by atoms with E-state index in [1.54, 1.807) is 6.92 Å². The largest absolute Gasteiger partial charge is 0.393 e. The molecule has 88 valence electrons. The third-order valence-corrected chi connectivity index (χ3v) is 2.34. The number of hydrogen-bond acceptors (Lipinski definition) is 2. The van der Waals surface area contributed by atoms with Crippen LogP contribution in [0.4, 0.5) is 4.39 Å². The standard InChI is InChI=1S/C11H13ClFNO2/c1-7(15)4-5-14-11(16)9-3-2-8(13)6-10(9)12/h2-3,6-7,15H,4-5H2,1H3,(H,14,16). The van der Waals surface area contributed by atoms with Gasteiger partial charge in [0.15, 0.2) is 0 Å². The van der Waals surface area contributed by atoms with E-state index in [1.165, 1.54) is 12.1 Å². The third-order valence-electron chi connectivity index (χ3n) is 2.02. The van der Waals surface area contributed by atoms with Crippen molar-refractivity contribution in [1.29, 1.82) is 0 Å². The van der Waals surface area contributed by atoms with Crippen LogP contribution in [0.1, 0.15) is 23.7 Å². The Balaban J connectivity index is 2.59. The topological polar surface area (TPSA) is 49.3 Å². The highest BCUT2D eigenvalue weighted by atomic mass is 35.5. The minimum atomic E-state index is -0.481. The normalized spacial score (nSPS) is 12.2. The summed E-state index contributed by atoms with van der Waals surface area (Å²) in [5.41, 5.74) is 0.230. The molecule has 0 bridgehead atoms. The smallest absolute Gasteiger partial charge is 0.252 e. The molecule has 0 fully saturated rings.